The maximum absolute atomic E-state index is 11.7. The molecule has 0 radical (unpaired) electrons. The van der Waals surface area contributed by atoms with Gasteiger partial charge >= 0.3 is 0 Å². The molecule has 82 valence electrons. The van der Waals surface area contributed by atoms with Crippen LogP contribution in [0.2, 0.25) is 0 Å². The lowest BCUT2D eigenvalue weighted by molar-refractivity contribution is 0.586. The minimum atomic E-state index is -3.57. The molecule has 4 nitrogen and oxygen atoms in total. The Morgan fingerprint density at radius 1 is 1.50 bits per heavy atom. The van der Waals surface area contributed by atoms with Crippen molar-refractivity contribution in [3.05, 3.63) is 29.3 Å². The first-order valence-corrected chi connectivity index (χ1v) is 5.93. The monoisotopic (exact) mass is 234 g/mol. The molecule has 1 rings (SSSR count). The molecule has 0 unspecified atom stereocenters. The van der Waals surface area contributed by atoms with Crippen LogP contribution in [0.25, 0.3) is 0 Å². The van der Waals surface area contributed by atoms with Gasteiger partial charge in [-0.15, -0.1) is 6.42 Å². The van der Waals surface area contributed by atoms with E-state index in [1.54, 1.807) is 6.92 Å². The molecule has 0 aliphatic carbocycles. The third-order valence-electron chi connectivity index (χ3n) is 1.99. The molecule has 1 N–H and O–H groups in total. The van der Waals surface area contributed by atoms with E-state index in [2.05, 4.69) is 10.6 Å². The van der Waals surface area contributed by atoms with Crippen molar-refractivity contribution in [1.82, 2.24) is 4.72 Å². The highest BCUT2D eigenvalue weighted by atomic mass is 32.2. The number of benzene rings is 1. The van der Waals surface area contributed by atoms with Crippen molar-refractivity contribution in [2.24, 2.45) is 0 Å². The van der Waals surface area contributed by atoms with Crippen LogP contribution < -0.4 is 4.72 Å². The van der Waals surface area contributed by atoms with E-state index in [0.29, 0.717) is 11.1 Å². The summed E-state index contributed by atoms with van der Waals surface area (Å²) in [5, 5.41) is 8.71. The Morgan fingerprint density at radius 2 is 2.19 bits per heavy atom. The minimum absolute atomic E-state index is 0.0542. The van der Waals surface area contributed by atoms with E-state index < -0.39 is 10.0 Å². The van der Waals surface area contributed by atoms with Crippen LogP contribution in [0.5, 0.6) is 0 Å². The molecule has 1 aromatic rings. The molecule has 0 atom stereocenters. The van der Waals surface area contributed by atoms with Crippen LogP contribution in [-0.4, -0.2) is 15.0 Å². The first-order valence-electron chi connectivity index (χ1n) is 4.45. The fourth-order valence-electron chi connectivity index (χ4n) is 1.15. The normalized spacial score (nSPS) is 10.4. The highest BCUT2D eigenvalue weighted by molar-refractivity contribution is 7.89. The van der Waals surface area contributed by atoms with Crippen LogP contribution in [0.4, 0.5) is 0 Å². The molecule has 0 fully saturated rings. The highest BCUT2D eigenvalue weighted by Gasteiger charge is 2.13. The van der Waals surface area contributed by atoms with Gasteiger partial charge in [-0.05, 0) is 30.7 Å². The van der Waals surface area contributed by atoms with Gasteiger partial charge in [0.25, 0.3) is 0 Å². The number of aryl methyl sites for hydroxylation is 1. The lowest BCUT2D eigenvalue weighted by atomic mass is 10.1. The quantitative estimate of drug-likeness (QED) is 0.786. The van der Waals surface area contributed by atoms with Gasteiger partial charge in [0.1, 0.15) is 0 Å². The van der Waals surface area contributed by atoms with Crippen LogP contribution in [0.1, 0.15) is 11.1 Å². The van der Waals surface area contributed by atoms with Crippen LogP contribution in [0, 0.1) is 30.6 Å². The topological polar surface area (TPSA) is 70.0 Å². The van der Waals surface area contributed by atoms with E-state index in [-0.39, 0.29) is 11.4 Å². The maximum Gasteiger partial charge on any atom is 0.241 e. The number of terminal acetylenes is 1. The number of nitriles is 1. The molecule has 0 spiro atoms. The third kappa shape index (κ3) is 2.60. The molecule has 0 bridgehead atoms. The Bertz CT molecular complexity index is 577. The molecule has 0 heterocycles. The molecule has 1 aromatic carbocycles. The number of nitrogens with one attached hydrogen (secondary N) is 1. The average molecular weight is 234 g/mol. The van der Waals surface area contributed by atoms with E-state index in [9.17, 15) is 8.42 Å². The number of sulfonamides is 1. The highest BCUT2D eigenvalue weighted by Crippen LogP contribution is 2.14. The van der Waals surface area contributed by atoms with E-state index >= 15 is 0 Å². The van der Waals surface area contributed by atoms with Crippen LogP contribution in [0.3, 0.4) is 0 Å². The largest absolute Gasteiger partial charge is 0.241 e. The maximum atomic E-state index is 11.7. The zero-order valence-electron chi connectivity index (χ0n) is 8.69. The van der Waals surface area contributed by atoms with Gasteiger partial charge in [-0.3, -0.25) is 0 Å². The number of rotatable bonds is 3. The Hall–Kier alpha value is -1.82. The number of hydrogen-bond donors (Lipinski definition) is 1. The van der Waals surface area contributed by atoms with Gasteiger partial charge in [0.2, 0.25) is 10.0 Å². The number of nitrogens with zero attached hydrogens (tertiary/aromatic N) is 1. The average Bonchev–Trinajstić information content (AvgIpc) is 2.26. The molecule has 0 aliphatic heterocycles. The van der Waals surface area contributed by atoms with Gasteiger partial charge < -0.3 is 0 Å². The van der Waals surface area contributed by atoms with Gasteiger partial charge in [0.15, 0.2) is 0 Å². The first kappa shape index (κ1) is 12.3. The van der Waals surface area contributed by atoms with Crippen molar-refractivity contribution < 1.29 is 8.42 Å². The molecule has 0 saturated heterocycles. The van der Waals surface area contributed by atoms with Crippen molar-refractivity contribution in [2.75, 3.05) is 6.54 Å². The summed E-state index contributed by atoms with van der Waals surface area (Å²) in [7, 11) is -3.57. The van der Waals surface area contributed by atoms with Crippen molar-refractivity contribution in [3.63, 3.8) is 0 Å². The SMILES string of the molecule is C#CCNS(=O)(=O)c1ccc(C#N)c(C)c1. The van der Waals surface area contributed by atoms with Gasteiger partial charge in [0.05, 0.1) is 23.1 Å². The van der Waals surface area contributed by atoms with Crippen LogP contribution in [0.15, 0.2) is 23.1 Å². The Morgan fingerprint density at radius 3 is 2.69 bits per heavy atom. The van der Waals surface area contributed by atoms with Gasteiger partial charge in [-0.2, -0.15) is 9.98 Å². The van der Waals surface area contributed by atoms with Crippen molar-refractivity contribution in [2.45, 2.75) is 11.8 Å². The van der Waals surface area contributed by atoms with Crippen LogP contribution >= 0.6 is 0 Å². The Kier molecular flexibility index (Phi) is 3.68. The zero-order chi connectivity index (χ0) is 12.2. The summed E-state index contributed by atoms with van der Waals surface area (Å²) in [6.45, 7) is 1.63. The molecule has 0 aromatic heterocycles. The van der Waals surface area contributed by atoms with Crippen LogP contribution in [-0.2, 0) is 10.0 Å². The molecule has 0 amide bonds. The van der Waals surface area contributed by atoms with Gasteiger partial charge in [0, 0.05) is 0 Å². The van der Waals surface area contributed by atoms with E-state index in [1.807, 2.05) is 6.07 Å². The predicted octanol–water partition coefficient (Wildman–Crippen LogP) is 0.778. The smallest absolute Gasteiger partial charge is 0.207 e. The summed E-state index contributed by atoms with van der Waals surface area (Å²) in [5.41, 5.74) is 1.07. The lowest BCUT2D eigenvalue weighted by Crippen LogP contribution is -2.24. The fraction of sp³-hybridized carbons (Fsp3) is 0.182. The standard InChI is InChI=1S/C11H10N2O2S/c1-3-6-13-16(14,15)11-5-4-10(8-12)9(2)7-11/h1,4-5,7,13H,6H2,2H3. The second-order valence-electron chi connectivity index (χ2n) is 3.12. The first-order chi connectivity index (χ1) is 7.51. The Labute approximate surface area is 95.0 Å². The van der Waals surface area contributed by atoms with E-state index in [4.69, 9.17) is 11.7 Å². The fourth-order valence-corrected chi connectivity index (χ4v) is 2.17. The molecule has 0 saturated carbocycles. The Balaban J connectivity index is 3.13. The molecule has 5 heteroatoms. The second kappa shape index (κ2) is 4.80. The summed E-state index contributed by atoms with van der Waals surface area (Å²) in [4.78, 5) is 0.110. The number of hydrogen-bond acceptors (Lipinski definition) is 3. The summed E-state index contributed by atoms with van der Waals surface area (Å²) in [5.74, 6) is 2.19. The van der Waals surface area contributed by atoms with Crippen molar-refractivity contribution in [1.29, 1.82) is 5.26 Å². The zero-order valence-corrected chi connectivity index (χ0v) is 9.50. The molecule has 16 heavy (non-hydrogen) atoms. The van der Waals surface area contributed by atoms with Crippen molar-refractivity contribution >= 4 is 10.0 Å². The summed E-state index contributed by atoms with van der Waals surface area (Å²) in [6.07, 6.45) is 4.97. The summed E-state index contributed by atoms with van der Waals surface area (Å²) in [6, 6.07) is 6.26. The summed E-state index contributed by atoms with van der Waals surface area (Å²) >= 11 is 0. The van der Waals surface area contributed by atoms with Crippen molar-refractivity contribution in [3.8, 4) is 18.4 Å². The van der Waals surface area contributed by atoms with E-state index in [0.717, 1.165) is 0 Å². The molecule has 0 aliphatic rings. The lowest BCUT2D eigenvalue weighted by Gasteiger charge is -2.05. The van der Waals surface area contributed by atoms with E-state index in [1.165, 1.54) is 18.2 Å². The second-order valence-corrected chi connectivity index (χ2v) is 4.88. The van der Waals surface area contributed by atoms with Gasteiger partial charge in [-0.25, -0.2) is 8.42 Å². The third-order valence-corrected chi connectivity index (χ3v) is 3.39. The summed E-state index contributed by atoms with van der Waals surface area (Å²) < 4.78 is 25.5. The minimum Gasteiger partial charge on any atom is -0.207 e. The molecular weight excluding hydrogens is 224 g/mol. The predicted molar refractivity (Wildman–Crippen MR) is 59.9 cm³/mol. The molecular formula is C11H10N2O2S. The van der Waals surface area contributed by atoms with Gasteiger partial charge in [-0.1, -0.05) is 5.92 Å².